The van der Waals surface area contributed by atoms with E-state index in [9.17, 15) is 18.8 Å². The molecule has 0 radical (unpaired) electrons. The molecule has 0 saturated carbocycles. The fraction of sp³-hybridized carbons (Fsp3) is 0.200. The Hall–Kier alpha value is -3.73. The van der Waals surface area contributed by atoms with Gasteiger partial charge >= 0.3 is 5.97 Å². The molecule has 0 bridgehead atoms. The van der Waals surface area contributed by atoms with Crippen molar-refractivity contribution in [3.05, 3.63) is 59.9 Å². The lowest BCUT2D eigenvalue weighted by atomic mass is 10.2. The van der Waals surface area contributed by atoms with Crippen molar-refractivity contribution < 1.29 is 23.5 Å². The first kappa shape index (κ1) is 20.6. The predicted octanol–water partition coefficient (Wildman–Crippen LogP) is 2.89. The predicted molar refractivity (Wildman–Crippen MR) is 100 cm³/mol. The third-order valence-corrected chi connectivity index (χ3v) is 3.66. The van der Waals surface area contributed by atoms with E-state index in [4.69, 9.17) is 10.00 Å². The van der Waals surface area contributed by atoms with Crippen LogP contribution in [-0.2, 0) is 14.3 Å². The molecule has 0 aromatic heterocycles. The molecule has 2 aromatic carbocycles. The SMILES string of the molecule is CC(=O)Nc1ccc(C(=O)OCC(=O)N(CCC#N)c2ccccc2F)cc1. The Morgan fingerprint density at radius 1 is 1.14 bits per heavy atom. The van der Waals surface area contributed by atoms with Crippen molar-refractivity contribution >= 4 is 29.2 Å². The Morgan fingerprint density at radius 2 is 1.82 bits per heavy atom. The lowest BCUT2D eigenvalue weighted by Gasteiger charge is -2.22. The number of rotatable bonds is 7. The molecule has 0 saturated heterocycles. The standard InChI is InChI=1S/C20H18FN3O4/c1-14(25)23-16-9-7-15(8-10-16)20(27)28-13-19(26)24(12-4-11-22)18-6-3-2-5-17(18)21/h2-3,5-10H,4,12-13H2,1H3,(H,23,25). The molecule has 0 unspecified atom stereocenters. The minimum absolute atomic E-state index is 0.00136. The van der Waals surface area contributed by atoms with Gasteiger partial charge < -0.3 is 15.0 Å². The van der Waals surface area contributed by atoms with Gasteiger partial charge in [-0.15, -0.1) is 0 Å². The summed E-state index contributed by atoms with van der Waals surface area (Å²) in [5.41, 5.74) is 0.720. The summed E-state index contributed by atoms with van der Waals surface area (Å²) in [5, 5.41) is 11.3. The van der Waals surface area contributed by atoms with Gasteiger partial charge in [-0.3, -0.25) is 9.59 Å². The zero-order valence-corrected chi connectivity index (χ0v) is 15.1. The summed E-state index contributed by atoms with van der Waals surface area (Å²) in [7, 11) is 0. The molecule has 2 rings (SSSR count). The zero-order valence-electron chi connectivity index (χ0n) is 15.1. The fourth-order valence-corrected chi connectivity index (χ4v) is 2.39. The van der Waals surface area contributed by atoms with Crippen LogP contribution in [0, 0.1) is 17.1 Å². The maximum atomic E-state index is 14.0. The number of hydrogen-bond donors (Lipinski definition) is 1. The number of nitrogens with zero attached hydrogens (tertiary/aromatic N) is 2. The second kappa shape index (κ2) is 9.83. The number of benzene rings is 2. The number of nitrogens with one attached hydrogen (secondary N) is 1. The summed E-state index contributed by atoms with van der Waals surface area (Å²) in [6.07, 6.45) is -0.00136. The second-order valence-corrected chi connectivity index (χ2v) is 5.74. The topological polar surface area (TPSA) is 99.5 Å². The molecule has 7 nitrogen and oxygen atoms in total. The van der Waals surface area contributed by atoms with Crippen molar-refractivity contribution in [3.8, 4) is 6.07 Å². The van der Waals surface area contributed by atoms with Crippen LogP contribution in [0.2, 0.25) is 0 Å². The number of carbonyl (C=O) groups excluding carboxylic acids is 3. The monoisotopic (exact) mass is 383 g/mol. The molecule has 144 valence electrons. The number of para-hydroxylation sites is 1. The van der Waals surface area contributed by atoms with Crippen LogP contribution >= 0.6 is 0 Å². The van der Waals surface area contributed by atoms with Crippen LogP contribution in [0.1, 0.15) is 23.7 Å². The van der Waals surface area contributed by atoms with E-state index in [0.29, 0.717) is 5.69 Å². The first-order valence-corrected chi connectivity index (χ1v) is 8.39. The molecule has 2 aromatic rings. The Bertz CT molecular complexity index is 906. The number of carbonyl (C=O) groups is 3. The van der Waals surface area contributed by atoms with E-state index in [2.05, 4.69) is 5.32 Å². The Morgan fingerprint density at radius 3 is 2.43 bits per heavy atom. The van der Waals surface area contributed by atoms with Gasteiger partial charge in [0.2, 0.25) is 5.91 Å². The number of nitriles is 1. The van der Waals surface area contributed by atoms with Gasteiger partial charge in [-0.2, -0.15) is 5.26 Å². The molecule has 0 spiro atoms. The number of halogens is 1. The average Bonchev–Trinajstić information content (AvgIpc) is 2.67. The van der Waals surface area contributed by atoms with Crippen molar-refractivity contribution in [1.29, 1.82) is 5.26 Å². The highest BCUT2D eigenvalue weighted by molar-refractivity contribution is 5.97. The Labute approximate surface area is 161 Å². The lowest BCUT2D eigenvalue weighted by Crippen LogP contribution is -2.36. The van der Waals surface area contributed by atoms with E-state index < -0.39 is 24.3 Å². The Kier molecular flexibility index (Phi) is 7.22. The number of ether oxygens (including phenoxy) is 1. The summed E-state index contributed by atoms with van der Waals surface area (Å²) >= 11 is 0. The van der Waals surface area contributed by atoms with Gasteiger partial charge in [0.05, 0.1) is 23.7 Å². The van der Waals surface area contributed by atoms with Gasteiger partial charge in [0.25, 0.3) is 5.91 Å². The first-order valence-electron chi connectivity index (χ1n) is 8.39. The molecule has 1 N–H and O–H groups in total. The van der Waals surface area contributed by atoms with Crippen LogP contribution in [0.3, 0.4) is 0 Å². The van der Waals surface area contributed by atoms with E-state index >= 15 is 0 Å². The third-order valence-electron chi connectivity index (χ3n) is 3.66. The van der Waals surface area contributed by atoms with E-state index in [1.807, 2.05) is 6.07 Å². The van der Waals surface area contributed by atoms with E-state index in [1.165, 1.54) is 49.4 Å². The van der Waals surface area contributed by atoms with Crippen LogP contribution in [-0.4, -0.2) is 30.9 Å². The van der Waals surface area contributed by atoms with Crippen molar-refractivity contribution in [3.63, 3.8) is 0 Å². The van der Waals surface area contributed by atoms with Crippen molar-refractivity contribution in [1.82, 2.24) is 0 Å². The molecular formula is C20H18FN3O4. The van der Waals surface area contributed by atoms with Crippen LogP contribution in [0.25, 0.3) is 0 Å². The quantitative estimate of drug-likeness (QED) is 0.741. The summed E-state index contributed by atoms with van der Waals surface area (Å²) in [6.45, 7) is 0.729. The largest absolute Gasteiger partial charge is 0.452 e. The summed E-state index contributed by atoms with van der Waals surface area (Å²) in [4.78, 5) is 36.6. The van der Waals surface area contributed by atoms with Crippen molar-refractivity contribution in [2.45, 2.75) is 13.3 Å². The number of esters is 1. The second-order valence-electron chi connectivity index (χ2n) is 5.74. The molecule has 0 fully saturated rings. The number of anilines is 2. The van der Waals surface area contributed by atoms with E-state index in [1.54, 1.807) is 6.07 Å². The summed E-state index contributed by atoms with van der Waals surface area (Å²) in [6, 6.07) is 13.5. The normalized spacial score (nSPS) is 9.89. The Balaban J connectivity index is 2.03. The minimum Gasteiger partial charge on any atom is -0.452 e. The van der Waals surface area contributed by atoms with Crippen LogP contribution in [0.4, 0.5) is 15.8 Å². The van der Waals surface area contributed by atoms with E-state index in [0.717, 1.165) is 4.90 Å². The van der Waals surface area contributed by atoms with Gasteiger partial charge in [0, 0.05) is 19.2 Å². The average molecular weight is 383 g/mol. The highest BCUT2D eigenvalue weighted by Gasteiger charge is 2.20. The molecule has 28 heavy (non-hydrogen) atoms. The molecule has 8 heteroatoms. The van der Waals surface area contributed by atoms with Crippen LogP contribution in [0.15, 0.2) is 48.5 Å². The van der Waals surface area contributed by atoms with Gasteiger partial charge in [-0.05, 0) is 36.4 Å². The maximum absolute atomic E-state index is 14.0. The van der Waals surface area contributed by atoms with E-state index in [-0.39, 0.29) is 30.1 Å². The molecular weight excluding hydrogens is 365 g/mol. The van der Waals surface area contributed by atoms with Gasteiger partial charge in [-0.25, -0.2) is 9.18 Å². The summed E-state index contributed by atoms with van der Waals surface area (Å²) < 4.78 is 19.0. The molecule has 0 aliphatic carbocycles. The third kappa shape index (κ3) is 5.64. The van der Waals surface area contributed by atoms with Gasteiger partial charge in [-0.1, -0.05) is 12.1 Å². The van der Waals surface area contributed by atoms with Gasteiger partial charge in [0.15, 0.2) is 6.61 Å². The molecule has 0 atom stereocenters. The molecule has 0 aliphatic rings. The number of hydrogen-bond acceptors (Lipinski definition) is 5. The van der Waals surface area contributed by atoms with Gasteiger partial charge in [0.1, 0.15) is 5.82 Å². The molecule has 2 amide bonds. The smallest absolute Gasteiger partial charge is 0.338 e. The maximum Gasteiger partial charge on any atom is 0.338 e. The first-order chi connectivity index (χ1) is 13.4. The van der Waals surface area contributed by atoms with Crippen LogP contribution < -0.4 is 10.2 Å². The summed E-state index contributed by atoms with van der Waals surface area (Å²) in [5.74, 6) is -2.25. The zero-order chi connectivity index (χ0) is 20.5. The molecule has 0 aliphatic heterocycles. The van der Waals surface area contributed by atoms with Crippen molar-refractivity contribution in [2.75, 3.05) is 23.4 Å². The number of amides is 2. The van der Waals surface area contributed by atoms with Crippen molar-refractivity contribution in [2.24, 2.45) is 0 Å². The fourth-order valence-electron chi connectivity index (χ4n) is 2.39. The highest BCUT2D eigenvalue weighted by atomic mass is 19.1. The lowest BCUT2D eigenvalue weighted by molar-refractivity contribution is -0.121. The molecule has 0 heterocycles. The van der Waals surface area contributed by atoms with Crippen LogP contribution in [0.5, 0.6) is 0 Å². The highest BCUT2D eigenvalue weighted by Crippen LogP contribution is 2.19. The minimum atomic E-state index is -0.739.